The van der Waals surface area contributed by atoms with Crippen molar-refractivity contribution in [2.45, 2.75) is 45.1 Å². The van der Waals surface area contributed by atoms with E-state index in [-0.39, 0.29) is 6.10 Å². The first kappa shape index (κ1) is 13.2. The monoisotopic (exact) mass is 220 g/mol. The SMILES string of the molecule is C=C/C=C\C=C\CC(O)C1CCC(C)CC1. The molecule has 0 aliphatic heterocycles. The second-order valence-corrected chi connectivity index (χ2v) is 4.87. The largest absolute Gasteiger partial charge is 0.393 e. The van der Waals surface area contributed by atoms with Crippen molar-refractivity contribution in [3.05, 3.63) is 37.0 Å². The summed E-state index contributed by atoms with van der Waals surface area (Å²) in [4.78, 5) is 0. The molecule has 1 rings (SSSR count). The molecule has 1 fully saturated rings. The van der Waals surface area contributed by atoms with E-state index in [1.54, 1.807) is 6.08 Å². The van der Waals surface area contributed by atoms with Crippen LogP contribution in [0.2, 0.25) is 0 Å². The second-order valence-electron chi connectivity index (χ2n) is 4.87. The van der Waals surface area contributed by atoms with Crippen LogP contribution in [0.25, 0.3) is 0 Å². The molecule has 0 bridgehead atoms. The van der Waals surface area contributed by atoms with Crippen LogP contribution in [0, 0.1) is 11.8 Å². The fourth-order valence-corrected chi connectivity index (χ4v) is 2.30. The maximum absolute atomic E-state index is 10.0. The van der Waals surface area contributed by atoms with E-state index >= 15 is 0 Å². The number of rotatable bonds is 5. The molecule has 1 aliphatic carbocycles. The van der Waals surface area contributed by atoms with Crippen LogP contribution in [0.5, 0.6) is 0 Å². The summed E-state index contributed by atoms with van der Waals surface area (Å²) in [5.41, 5.74) is 0. The van der Waals surface area contributed by atoms with Gasteiger partial charge in [-0.05, 0) is 31.1 Å². The average Bonchev–Trinajstić information content (AvgIpc) is 2.29. The number of hydrogen-bond acceptors (Lipinski definition) is 1. The Kier molecular flexibility index (Phi) is 6.17. The van der Waals surface area contributed by atoms with E-state index in [1.807, 2.05) is 24.3 Å². The van der Waals surface area contributed by atoms with E-state index < -0.39 is 0 Å². The minimum atomic E-state index is -0.152. The zero-order valence-electron chi connectivity index (χ0n) is 10.3. The topological polar surface area (TPSA) is 20.2 Å². The number of allylic oxidation sites excluding steroid dienone is 4. The number of hydrogen-bond donors (Lipinski definition) is 1. The van der Waals surface area contributed by atoms with Gasteiger partial charge in [0, 0.05) is 0 Å². The van der Waals surface area contributed by atoms with Gasteiger partial charge in [0.2, 0.25) is 0 Å². The molecule has 0 amide bonds. The van der Waals surface area contributed by atoms with Crippen LogP contribution in [0.15, 0.2) is 37.0 Å². The molecule has 1 atom stereocenters. The van der Waals surface area contributed by atoms with Crippen molar-refractivity contribution < 1.29 is 5.11 Å². The van der Waals surface area contributed by atoms with Gasteiger partial charge in [-0.2, -0.15) is 0 Å². The Morgan fingerprint density at radius 1 is 1.19 bits per heavy atom. The summed E-state index contributed by atoms with van der Waals surface area (Å²) in [5, 5.41) is 10.0. The Labute approximate surface area is 99.6 Å². The first-order valence-corrected chi connectivity index (χ1v) is 6.36. The molecule has 0 heterocycles. The van der Waals surface area contributed by atoms with Gasteiger partial charge in [0.15, 0.2) is 0 Å². The van der Waals surface area contributed by atoms with Gasteiger partial charge in [0.1, 0.15) is 0 Å². The first-order valence-electron chi connectivity index (χ1n) is 6.36. The highest BCUT2D eigenvalue weighted by Crippen LogP contribution is 2.31. The molecule has 1 aliphatic rings. The summed E-state index contributed by atoms with van der Waals surface area (Å²) >= 11 is 0. The van der Waals surface area contributed by atoms with Crippen molar-refractivity contribution in [1.82, 2.24) is 0 Å². The highest BCUT2D eigenvalue weighted by Gasteiger charge is 2.23. The molecule has 1 nitrogen and oxygen atoms in total. The molecule has 1 unspecified atom stereocenters. The summed E-state index contributed by atoms with van der Waals surface area (Å²) in [5.74, 6) is 1.37. The standard InChI is InChI=1S/C15H24O/c1-3-4-5-6-7-8-15(16)14-11-9-13(2)10-12-14/h3-7,13-16H,1,8-12H2,2H3/b5-4-,7-6+. The Morgan fingerprint density at radius 2 is 1.88 bits per heavy atom. The van der Waals surface area contributed by atoms with E-state index in [2.05, 4.69) is 13.5 Å². The fourth-order valence-electron chi connectivity index (χ4n) is 2.30. The minimum absolute atomic E-state index is 0.152. The Balaban J connectivity index is 2.24. The van der Waals surface area contributed by atoms with Gasteiger partial charge in [-0.15, -0.1) is 0 Å². The lowest BCUT2D eigenvalue weighted by Gasteiger charge is -2.29. The normalized spacial score (nSPS) is 28.6. The smallest absolute Gasteiger partial charge is 0.0602 e. The zero-order valence-corrected chi connectivity index (χ0v) is 10.3. The van der Waals surface area contributed by atoms with Crippen LogP contribution >= 0.6 is 0 Å². The molecule has 0 saturated heterocycles. The van der Waals surface area contributed by atoms with Crippen molar-refractivity contribution >= 4 is 0 Å². The lowest BCUT2D eigenvalue weighted by Crippen LogP contribution is -2.24. The number of aliphatic hydroxyl groups is 1. The van der Waals surface area contributed by atoms with Gasteiger partial charge >= 0.3 is 0 Å². The van der Waals surface area contributed by atoms with Gasteiger partial charge in [0.25, 0.3) is 0 Å². The van der Waals surface area contributed by atoms with Gasteiger partial charge in [-0.1, -0.05) is 56.7 Å². The molecule has 1 heteroatoms. The molecule has 0 aromatic heterocycles. The van der Waals surface area contributed by atoms with Gasteiger partial charge in [-0.25, -0.2) is 0 Å². The highest BCUT2D eigenvalue weighted by atomic mass is 16.3. The molecule has 0 spiro atoms. The number of aliphatic hydroxyl groups excluding tert-OH is 1. The molecule has 0 aromatic carbocycles. The minimum Gasteiger partial charge on any atom is -0.393 e. The predicted molar refractivity (Wildman–Crippen MR) is 70.2 cm³/mol. The molecule has 1 saturated carbocycles. The lowest BCUT2D eigenvalue weighted by molar-refractivity contribution is 0.0782. The van der Waals surface area contributed by atoms with Crippen LogP contribution in [0.3, 0.4) is 0 Å². The third-order valence-electron chi connectivity index (χ3n) is 3.48. The first-order chi connectivity index (χ1) is 7.74. The molecule has 16 heavy (non-hydrogen) atoms. The zero-order chi connectivity index (χ0) is 11.8. The predicted octanol–water partition coefficient (Wildman–Crippen LogP) is 3.86. The van der Waals surface area contributed by atoms with Crippen LogP contribution in [0.4, 0.5) is 0 Å². The van der Waals surface area contributed by atoms with Crippen molar-refractivity contribution in [1.29, 1.82) is 0 Å². The van der Waals surface area contributed by atoms with Crippen molar-refractivity contribution in [2.75, 3.05) is 0 Å². The molecule has 90 valence electrons. The Bertz CT molecular complexity index is 244. The Hall–Kier alpha value is -0.820. The quantitative estimate of drug-likeness (QED) is 0.697. The van der Waals surface area contributed by atoms with Gasteiger partial charge in [0.05, 0.1) is 6.10 Å². The van der Waals surface area contributed by atoms with Crippen molar-refractivity contribution in [2.24, 2.45) is 11.8 Å². The van der Waals surface area contributed by atoms with Crippen molar-refractivity contribution in [3.8, 4) is 0 Å². The maximum Gasteiger partial charge on any atom is 0.0602 e. The van der Waals surface area contributed by atoms with Crippen LogP contribution in [0.1, 0.15) is 39.0 Å². The molecule has 0 aromatic rings. The van der Waals surface area contributed by atoms with E-state index in [0.717, 1.165) is 12.3 Å². The molecular formula is C15H24O. The summed E-state index contributed by atoms with van der Waals surface area (Å²) < 4.78 is 0. The van der Waals surface area contributed by atoms with E-state index in [4.69, 9.17) is 0 Å². The fraction of sp³-hybridized carbons (Fsp3) is 0.600. The second kappa shape index (κ2) is 7.45. The van der Waals surface area contributed by atoms with Crippen LogP contribution < -0.4 is 0 Å². The van der Waals surface area contributed by atoms with Crippen molar-refractivity contribution in [3.63, 3.8) is 0 Å². The molecule has 1 N–H and O–H groups in total. The summed E-state index contributed by atoms with van der Waals surface area (Å²) in [6.07, 6.45) is 15.2. The average molecular weight is 220 g/mol. The maximum atomic E-state index is 10.0. The van der Waals surface area contributed by atoms with Gasteiger partial charge < -0.3 is 5.11 Å². The molecule has 0 radical (unpaired) electrons. The summed E-state index contributed by atoms with van der Waals surface area (Å²) in [6.45, 7) is 5.91. The Morgan fingerprint density at radius 3 is 2.50 bits per heavy atom. The molecular weight excluding hydrogens is 196 g/mol. The van der Waals surface area contributed by atoms with E-state index in [9.17, 15) is 5.11 Å². The van der Waals surface area contributed by atoms with Crippen LogP contribution in [-0.2, 0) is 0 Å². The van der Waals surface area contributed by atoms with Gasteiger partial charge in [-0.3, -0.25) is 0 Å². The highest BCUT2D eigenvalue weighted by molar-refractivity contribution is 5.09. The van der Waals surface area contributed by atoms with E-state index in [0.29, 0.717) is 5.92 Å². The third kappa shape index (κ3) is 4.80. The van der Waals surface area contributed by atoms with E-state index in [1.165, 1.54) is 25.7 Å². The van der Waals surface area contributed by atoms with Crippen LogP contribution in [-0.4, -0.2) is 11.2 Å². The summed E-state index contributed by atoms with van der Waals surface area (Å²) in [7, 11) is 0. The lowest BCUT2D eigenvalue weighted by atomic mass is 9.79. The third-order valence-corrected chi connectivity index (χ3v) is 3.48. The summed E-state index contributed by atoms with van der Waals surface area (Å²) in [6, 6.07) is 0.